The fraction of sp³-hybridized carbons (Fsp3) is 0.833. The summed E-state index contributed by atoms with van der Waals surface area (Å²) in [6.07, 6.45) is 13.2. The summed E-state index contributed by atoms with van der Waals surface area (Å²) < 4.78 is 0. The molecule has 0 saturated heterocycles. The van der Waals surface area contributed by atoms with E-state index in [4.69, 9.17) is 12.2 Å². The highest BCUT2D eigenvalue weighted by Crippen LogP contribution is 2.60. The molecule has 4 fully saturated rings. The van der Waals surface area contributed by atoms with Crippen molar-refractivity contribution in [2.45, 2.75) is 44.1 Å². The predicted octanol–water partition coefficient (Wildman–Crippen LogP) is 1.92. The van der Waals surface area contributed by atoms with Crippen LogP contribution in [-0.2, 0) is 0 Å². The van der Waals surface area contributed by atoms with Gasteiger partial charge in [-0.15, -0.1) is 6.42 Å². The summed E-state index contributed by atoms with van der Waals surface area (Å²) in [6, 6.07) is 0. The van der Waals surface area contributed by atoms with Crippen LogP contribution >= 0.6 is 0 Å². The summed E-state index contributed by atoms with van der Waals surface area (Å²) in [5.74, 6) is 4.75. The molecule has 2 unspecified atom stereocenters. The summed E-state index contributed by atoms with van der Waals surface area (Å²) in [7, 11) is 0. The lowest BCUT2D eigenvalue weighted by atomic mass is 9.47. The van der Waals surface area contributed by atoms with Crippen molar-refractivity contribution >= 4 is 0 Å². The summed E-state index contributed by atoms with van der Waals surface area (Å²) in [5.41, 5.74) is 6.71. The van der Waals surface area contributed by atoms with Gasteiger partial charge < -0.3 is 5.73 Å². The third-order valence-corrected chi connectivity index (χ3v) is 4.41. The van der Waals surface area contributed by atoms with Gasteiger partial charge in [-0.25, -0.2) is 0 Å². The summed E-state index contributed by atoms with van der Waals surface area (Å²) >= 11 is 0. The number of hydrogen-bond acceptors (Lipinski definition) is 1. The molecule has 1 heteroatoms. The molecule has 4 bridgehead atoms. The molecule has 4 rings (SSSR count). The molecule has 0 aromatic heterocycles. The normalized spacial score (nSPS) is 57.8. The standard InChI is InChI=1S/C12H17N/c1-2-11-4-9-3-10(5-11)7-12(13,6-9)8-11/h1,9-10H,3-8,13H2. The Morgan fingerprint density at radius 1 is 1.15 bits per heavy atom. The van der Waals surface area contributed by atoms with Gasteiger partial charge in [-0.3, -0.25) is 0 Å². The minimum Gasteiger partial charge on any atom is -0.325 e. The van der Waals surface area contributed by atoms with Gasteiger partial charge in [-0.1, -0.05) is 5.92 Å². The summed E-state index contributed by atoms with van der Waals surface area (Å²) in [5, 5.41) is 0. The first-order chi connectivity index (χ1) is 6.13. The zero-order valence-electron chi connectivity index (χ0n) is 8.05. The van der Waals surface area contributed by atoms with Crippen molar-refractivity contribution in [3.8, 4) is 12.3 Å². The second kappa shape index (κ2) is 2.12. The minimum absolute atomic E-state index is 0.121. The zero-order valence-corrected chi connectivity index (χ0v) is 8.05. The van der Waals surface area contributed by atoms with Gasteiger partial charge in [-0.2, -0.15) is 0 Å². The van der Waals surface area contributed by atoms with Gasteiger partial charge in [0.15, 0.2) is 0 Å². The Morgan fingerprint density at radius 2 is 1.77 bits per heavy atom. The van der Waals surface area contributed by atoms with Gasteiger partial charge in [0.25, 0.3) is 0 Å². The second-order valence-corrected chi connectivity index (χ2v) is 5.75. The molecule has 0 aromatic rings. The van der Waals surface area contributed by atoms with Crippen LogP contribution in [0.1, 0.15) is 38.5 Å². The Kier molecular flexibility index (Phi) is 1.29. The van der Waals surface area contributed by atoms with Crippen molar-refractivity contribution in [1.82, 2.24) is 0 Å². The second-order valence-electron chi connectivity index (χ2n) is 5.75. The SMILES string of the molecule is C#CC12CC3CC(CC(N)(C3)C1)C2. The molecule has 0 spiro atoms. The maximum Gasteiger partial charge on any atom is 0.0334 e. The molecule has 4 saturated carbocycles. The van der Waals surface area contributed by atoms with E-state index in [1.54, 1.807) is 0 Å². The quantitative estimate of drug-likeness (QED) is 0.559. The molecule has 2 atom stereocenters. The van der Waals surface area contributed by atoms with Gasteiger partial charge in [0.05, 0.1) is 0 Å². The fourth-order valence-corrected chi connectivity index (χ4v) is 4.50. The monoisotopic (exact) mass is 175 g/mol. The minimum atomic E-state index is 0.121. The fourth-order valence-electron chi connectivity index (χ4n) is 4.50. The van der Waals surface area contributed by atoms with Gasteiger partial charge in [0.1, 0.15) is 0 Å². The highest BCUT2D eigenvalue weighted by molar-refractivity contribution is 5.19. The van der Waals surface area contributed by atoms with E-state index < -0.39 is 0 Å². The molecular formula is C12H17N. The van der Waals surface area contributed by atoms with Crippen LogP contribution in [0.5, 0.6) is 0 Å². The van der Waals surface area contributed by atoms with Gasteiger partial charge in [0, 0.05) is 11.0 Å². The van der Waals surface area contributed by atoms with Crippen molar-refractivity contribution in [2.24, 2.45) is 23.0 Å². The van der Waals surface area contributed by atoms with E-state index in [-0.39, 0.29) is 11.0 Å². The number of nitrogens with two attached hydrogens (primary N) is 1. The third kappa shape index (κ3) is 0.987. The van der Waals surface area contributed by atoms with Crippen LogP contribution in [0.3, 0.4) is 0 Å². The first-order valence-corrected chi connectivity index (χ1v) is 5.40. The lowest BCUT2D eigenvalue weighted by Crippen LogP contribution is -2.59. The average molecular weight is 175 g/mol. The van der Waals surface area contributed by atoms with Crippen LogP contribution in [-0.4, -0.2) is 5.54 Å². The molecule has 0 amide bonds. The van der Waals surface area contributed by atoms with Crippen LogP contribution in [0.15, 0.2) is 0 Å². The molecular weight excluding hydrogens is 158 g/mol. The molecule has 4 aliphatic rings. The van der Waals surface area contributed by atoms with E-state index in [9.17, 15) is 0 Å². The third-order valence-electron chi connectivity index (χ3n) is 4.41. The van der Waals surface area contributed by atoms with Crippen LogP contribution in [0, 0.1) is 29.6 Å². The van der Waals surface area contributed by atoms with Crippen molar-refractivity contribution in [3.63, 3.8) is 0 Å². The maximum absolute atomic E-state index is 6.39. The van der Waals surface area contributed by atoms with Crippen molar-refractivity contribution in [2.75, 3.05) is 0 Å². The Labute approximate surface area is 80.1 Å². The first-order valence-electron chi connectivity index (χ1n) is 5.40. The average Bonchev–Trinajstić information content (AvgIpc) is 1.99. The smallest absolute Gasteiger partial charge is 0.0334 e. The zero-order chi connectivity index (χ0) is 9.10. The van der Waals surface area contributed by atoms with Gasteiger partial charge in [0.2, 0.25) is 0 Å². The van der Waals surface area contributed by atoms with Crippen molar-refractivity contribution in [3.05, 3.63) is 0 Å². The van der Waals surface area contributed by atoms with Crippen LogP contribution in [0.25, 0.3) is 0 Å². The lowest BCUT2D eigenvalue weighted by molar-refractivity contribution is -0.0348. The van der Waals surface area contributed by atoms with E-state index in [1.807, 2.05) is 0 Å². The van der Waals surface area contributed by atoms with Crippen molar-refractivity contribution in [1.29, 1.82) is 0 Å². The summed E-state index contributed by atoms with van der Waals surface area (Å²) in [4.78, 5) is 0. The highest BCUT2D eigenvalue weighted by Gasteiger charge is 2.55. The maximum atomic E-state index is 6.39. The Morgan fingerprint density at radius 3 is 2.23 bits per heavy atom. The topological polar surface area (TPSA) is 26.0 Å². The molecule has 2 N–H and O–H groups in total. The lowest BCUT2D eigenvalue weighted by Gasteiger charge is -2.59. The first kappa shape index (κ1) is 7.88. The molecule has 70 valence electrons. The van der Waals surface area contributed by atoms with E-state index in [1.165, 1.54) is 32.1 Å². The molecule has 1 nitrogen and oxygen atoms in total. The van der Waals surface area contributed by atoms with Crippen LogP contribution in [0.2, 0.25) is 0 Å². The van der Waals surface area contributed by atoms with Crippen LogP contribution < -0.4 is 5.73 Å². The molecule has 4 aliphatic carbocycles. The van der Waals surface area contributed by atoms with Gasteiger partial charge >= 0.3 is 0 Å². The molecule has 0 radical (unpaired) electrons. The number of hydrogen-bond donors (Lipinski definition) is 1. The number of terminal acetylenes is 1. The van der Waals surface area contributed by atoms with E-state index >= 15 is 0 Å². The van der Waals surface area contributed by atoms with Gasteiger partial charge in [-0.05, 0) is 50.4 Å². The Bertz CT molecular complexity index is 272. The van der Waals surface area contributed by atoms with E-state index in [2.05, 4.69) is 5.92 Å². The van der Waals surface area contributed by atoms with Crippen molar-refractivity contribution < 1.29 is 0 Å². The highest BCUT2D eigenvalue weighted by atomic mass is 14.8. The largest absolute Gasteiger partial charge is 0.325 e. The van der Waals surface area contributed by atoms with E-state index in [0.717, 1.165) is 18.3 Å². The van der Waals surface area contributed by atoms with E-state index in [0.29, 0.717) is 0 Å². The summed E-state index contributed by atoms with van der Waals surface area (Å²) in [6.45, 7) is 0. The van der Waals surface area contributed by atoms with Crippen LogP contribution in [0.4, 0.5) is 0 Å². The Balaban J connectivity index is 2.01. The molecule has 0 aromatic carbocycles. The molecule has 0 aliphatic heterocycles. The Hall–Kier alpha value is -0.480. The molecule has 13 heavy (non-hydrogen) atoms. The number of rotatable bonds is 0. The predicted molar refractivity (Wildman–Crippen MR) is 52.9 cm³/mol. The molecule has 0 heterocycles.